The van der Waals surface area contributed by atoms with Gasteiger partial charge >= 0.3 is 0 Å². The van der Waals surface area contributed by atoms with Crippen LogP contribution in [0.15, 0.2) is 42.5 Å². The second kappa shape index (κ2) is 6.04. The van der Waals surface area contributed by atoms with E-state index in [4.69, 9.17) is 16.9 Å². The van der Waals surface area contributed by atoms with Crippen LogP contribution >= 0.6 is 11.6 Å². The summed E-state index contributed by atoms with van der Waals surface area (Å²) in [4.78, 5) is 10.2. The van der Waals surface area contributed by atoms with Gasteiger partial charge in [-0.3, -0.25) is 10.1 Å². The summed E-state index contributed by atoms with van der Waals surface area (Å²) in [6, 6.07) is 13.5. The predicted octanol–water partition coefficient (Wildman–Crippen LogP) is 3.73. The van der Waals surface area contributed by atoms with Gasteiger partial charge in [0.25, 0.3) is 5.69 Å². The van der Waals surface area contributed by atoms with Crippen molar-refractivity contribution in [3.63, 3.8) is 0 Å². The summed E-state index contributed by atoms with van der Waals surface area (Å²) in [5, 5.41) is 23.4. The van der Waals surface area contributed by atoms with E-state index in [0.29, 0.717) is 17.3 Å². The molecule has 2 aromatic carbocycles. The molecule has 0 aliphatic heterocycles. The number of nitrogens with zero attached hydrogens (tertiary/aromatic N) is 2. The Hall–Kier alpha value is -2.58. The molecule has 0 saturated carbocycles. The minimum atomic E-state index is -0.573. The normalized spacial score (nSPS) is 9.80. The first-order valence-corrected chi connectivity index (χ1v) is 6.15. The SMILES string of the molecule is N#Cc1cc(NCc2ccccc2Cl)ccc1[N+](=O)[O-]. The van der Waals surface area contributed by atoms with Crippen molar-refractivity contribution in [3.8, 4) is 6.07 Å². The lowest BCUT2D eigenvalue weighted by Gasteiger charge is -2.08. The van der Waals surface area contributed by atoms with E-state index in [1.807, 2.05) is 24.3 Å². The Balaban J connectivity index is 2.17. The van der Waals surface area contributed by atoms with Crippen molar-refractivity contribution in [1.82, 2.24) is 0 Å². The number of hydrogen-bond donors (Lipinski definition) is 1. The van der Waals surface area contributed by atoms with Gasteiger partial charge in [-0.05, 0) is 23.8 Å². The maximum absolute atomic E-state index is 10.7. The lowest BCUT2D eigenvalue weighted by atomic mass is 10.1. The molecule has 6 heteroatoms. The Morgan fingerprint density at radius 3 is 2.70 bits per heavy atom. The molecule has 2 aromatic rings. The van der Waals surface area contributed by atoms with E-state index in [1.54, 1.807) is 12.1 Å². The monoisotopic (exact) mass is 287 g/mol. The van der Waals surface area contributed by atoms with Gasteiger partial charge in [0, 0.05) is 23.3 Å². The number of nitrogens with one attached hydrogen (secondary N) is 1. The average molecular weight is 288 g/mol. The zero-order valence-electron chi connectivity index (χ0n) is 10.3. The third-order valence-corrected chi connectivity index (χ3v) is 3.12. The van der Waals surface area contributed by atoms with Crippen molar-refractivity contribution in [1.29, 1.82) is 5.26 Å². The van der Waals surface area contributed by atoms with Gasteiger partial charge in [0.1, 0.15) is 11.6 Å². The van der Waals surface area contributed by atoms with Crippen LogP contribution in [-0.4, -0.2) is 4.92 Å². The van der Waals surface area contributed by atoms with Crippen LogP contribution in [0.1, 0.15) is 11.1 Å². The van der Waals surface area contributed by atoms with Crippen molar-refractivity contribution in [2.75, 3.05) is 5.32 Å². The van der Waals surface area contributed by atoms with E-state index in [2.05, 4.69) is 5.32 Å². The second-order valence-corrected chi connectivity index (χ2v) is 4.45. The largest absolute Gasteiger partial charge is 0.381 e. The number of benzene rings is 2. The maximum atomic E-state index is 10.7. The molecule has 0 unspecified atom stereocenters. The van der Waals surface area contributed by atoms with Gasteiger partial charge in [-0.25, -0.2) is 0 Å². The molecule has 0 aliphatic carbocycles. The zero-order valence-corrected chi connectivity index (χ0v) is 11.1. The van der Waals surface area contributed by atoms with Crippen molar-refractivity contribution >= 4 is 23.0 Å². The number of hydrogen-bond acceptors (Lipinski definition) is 4. The molecular weight excluding hydrogens is 278 g/mol. The molecule has 0 fully saturated rings. The molecule has 0 saturated heterocycles. The van der Waals surface area contributed by atoms with Crippen LogP contribution in [0, 0.1) is 21.4 Å². The quantitative estimate of drug-likeness (QED) is 0.686. The summed E-state index contributed by atoms with van der Waals surface area (Å²) in [6.45, 7) is 0.475. The number of halogens is 1. The molecule has 0 atom stereocenters. The molecule has 0 aromatic heterocycles. The highest BCUT2D eigenvalue weighted by molar-refractivity contribution is 6.31. The van der Waals surface area contributed by atoms with Gasteiger partial charge in [0.05, 0.1) is 4.92 Å². The molecule has 0 heterocycles. The first kappa shape index (κ1) is 13.8. The first-order chi connectivity index (χ1) is 9.61. The molecule has 100 valence electrons. The minimum absolute atomic E-state index is 0.0270. The highest BCUT2D eigenvalue weighted by Crippen LogP contribution is 2.23. The van der Waals surface area contributed by atoms with Gasteiger partial charge in [-0.1, -0.05) is 29.8 Å². The molecule has 0 aliphatic rings. The summed E-state index contributed by atoms with van der Waals surface area (Å²) in [5.74, 6) is 0. The van der Waals surface area contributed by atoms with Gasteiger partial charge in [-0.15, -0.1) is 0 Å². The fourth-order valence-electron chi connectivity index (χ4n) is 1.73. The standard InChI is InChI=1S/C14H10ClN3O2/c15-13-4-2-1-3-10(13)9-17-12-5-6-14(18(19)20)11(7-12)8-16/h1-7,17H,9H2. The molecular formula is C14H10ClN3O2. The fraction of sp³-hybridized carbons (Fsp3) is 0.0714. The number of nitriles is 1. The molecule has 1 N–H and O–H groups in total. The number of rotatable bonds is 4. The van der Waals surface area contributed by atoms with Crippen LogP contribution in [-0.2, 0) is 6.54 Å². The summed E-state index contributed by atoms with van der Waals surface area (Å²) in [7, 11) is 0. The number of anilines is 1. The topological polar surface area (TPSA) is 79.0 Å². The minimum Gasteiger partial charge on any atom is -0.381 e. The smallest absolute Gasteiger partial charge is 0.287 e. The van der Waals surface area contributed by atoms with E-state index < -0.39 is 4.92 Å². The van der Waals surface area contributed by atoms with E-state index in [0.717, 1.165) is 5.56 Å². The summed E-state index contributed by atoms with van der Waals surface area (Å²) < 4.78 is 0. The lowest BCUT2D eigenvalue weighted by molar-refractivity contribution is -0.385. The lowest BCUT2D eigenvalue weighted by Crippen LogP contribution is -2.01. The number of nitro benzene ring substituents is 1. The Morgan fingerprint density at radius 2 is 2.05 bits per heavy atom. The van der Waals surface area contributed by atoms with Crippen molar-refractivity contribution in [2.24, 2.45) is 0 Å². The summed E-state index contributed by atoms with van der Waals surface area (Å²) >= 11 is 6.03. The Bertz CT molecular complexity index is 695. The highest BCUT2D eigenvalue weighted by atomic mass is 35.5. The van der Waals surface area contributed by atoms with Crippen LogP contribution in [0.2, 0.25) is 5.02 Å². The van der Waals surface area contributed by atoms with Gasteiger partial charge in [0.2, 0.25) is 0 Å². The van der Waals surface area contributed by atoms with Crippen LogP contribution in [0.4, 0.5) is 11.4 Å². The average Bonchev–Trinajstić information content (AvgIpc) is 2.46. The van der Waals surface area contributed by atoms with E-state index in [1.165, 1.54) is 12.1 Å². The zero-order chi connectivity index (χ0) is 14.5. The van der Waals surface area contributed by atoms with Crippen LogP contribution in [0.5, 0.6) is 0 Å². The van der Waals surface area contributed by atoms with Crippen molar-refractivity contribution in [2.45, 2.75) is 6.54 Å². The third kappa shape index (κ3) is 3.05. The molecule has 5 nitrogen and oxygen atoms in total. The van der Waals surface area contributed by atoms with Gasteiger partial charge < -0.3 is 5.32 Å². The highest BCUT2D eigenvalue weighted by Gasteiger charge is 2.13. The Kier molecular flexibility index (Phi) is 4.18. The van der Waals surface area contributed by atoms with Gasteiger partial charge in [-0.2, -0.15) is 5.26 Å². The second-order valence-electron chi connectivity index (χ2n) is 4.05. The van der Waals surface area contributed by atoms with Crippen LogP contribution in [0.25, 0.3) is 0 Å². The molecule has 0 bridgehead atoms. The maximum Gasteiger partial charge on any atom is 0.287 e. The predicted molar refractivity (Wildman–Crippen MR) is 76.6 cm³/mol. The van der Waals surface area contributed by atoms with E-state index >= 15 is 0 Å². The van der Waals surface area contributed by atoms with Crippen LogP contribution in [0.3, 0.4) is 0 Å². The fourth-order valence-corrected chi connectivity index (χ4v) is 1.94. The van der Waals surface area contributed by atoms with E-state index in [-0.39, 0.29) is 11.3 Å². The first-order valence-electron chi connectivity index (χ1n) is 5.77. The Labute approximate surface area is 120 Å². The van der Waals surface area contributed by atoms with Crippen molar-refractivity contribution < 1.29 is 4.92 Å². The van der Waals surface area contributed by atoms with Gasteiger partial charge in [0.15, 0.2) is 0 Å². The number of nitro groups is 1. The van der Waals surface area contributed by atoms with Crippen molar-refractivity contribution in [3.05, 3.63) is 68.7 Å². The molecule has 0 spiro atoms. The van der Waals surface area contributed by atoms with E-state index in [9.17, 15) is 10.1 Å². The Morgan fingerprint density at radius 1 is 1.30 bits per heavy atom. The third-order valence-electron chi connectivity index (χ3n) is 2.75. The van der Waals surface area contributed by atoms with Crippen LogP contribution < -0.4 is 5.32 Å². The molecule has 20 heavy (non-hydrogen) atoms. The molecule has 2 rings (SSSR count). The molecule has 0 radical (unpaired) electrons. The summed E-state index contributed by atoms with van der Waals surface area (Å²) in [6.07, 6.45) is 0. The summed E-state index contributed by atoms with van der Waals surface area (Å²) in [5.41, 5.74) is 1.37. The molecule has 0 amide bonds.